The van der Waals surface area contributed by atoms with Crippen molar-refractivity contribution in [3.8, 4) is 6.07 Å². The molecular weight excluding hydrogens is 262 g/mol. The van der Waals surface area contributed by atoms with E-state index in [0.29, 0.717) is 12.6 Å². The molecule has 0 atom stereocenters. The second-order valence-corrected chi connectivity index (χ2v) is 6.06. The van der Waals surface area contributed by atoms with Crippen molar-refractivity contribution in [3.63, 3.8) is 0 Å². The molecule has 21 heavy (non-hydrogen) atoms. The molecule has 5 heteroatoms. The van der Waals surface area contributed by atoms with Gasteiger partial charge < -0.3 is 5.32 Å². The Labute approximate surface area is 126 Å². The predicted octanol–water partition coefficient (Wildman–Crippen LogP) is 2.15. The van der Waals surface area contributed by atoms with Gasteiger partial charge in [-0.1, -0.05) is 6.42 Å². The minimum Gasteiger partial charge on any atom is -0.367 e. The SMILES string of the molecule is N#CCN1CCC(Nc2ncnc3c2CCCCC3)CC1. The number of piperidine rings is 1. The number of likely N-dealkylation sites (tertiary alicyclic amines) is 1. The molecule has 5 nitrogen and oxygen atoms in total. The molecule has 0 spiro atoms. The fourth-order valence-corrected chi connectivity index (χ4v) is 3.35. The summed E-state index contributed by atoms with van der Waals surface area (Å²) < 4.78 is 0. The molecule has 0 amide bonds. The van der Waals surface area contributed by atoms with Gasteiger partial charge in [-0.2, -0.15) is 5.26 Å². The molecule has 1 fully saturated rings. The first-order chi connectivity index (χ1) is 10.4. The lowest BCUT2D eigenvalue weighted by molar-refractivity contribution is 0.242. The van der Waals surface area contributed by atoms with Crippen LogP contribution in [-0.2, 0) is 12.8 Å². The normalized spacial score (nSPS) is 20.3. The maximum Gasteiger partial charge on any atom is 0.133 e. The minimum absolute atomic E-state index is 0.474. The topological polar surface area (TPSA) is 64.8 Å². The van der Waals surface area contributed by atoms with Crippen molar-refractivity contribution in [1.29, 1.82) is 5.26 Å². The standard InChI is InChI=1S/C16H23N5/c17-8-11-21-9-6-13(7-10-21)20-16-14-4-2-1-3-5-15(14)18-12-19-16/h12-13H,1-7,9-11H2,(H,18,19,20). The van der Waals surface area contributed by atoms with E-state index in [1.54, 1.807) is 6.33 Å². The van der Waals surface area contributed by atoms with Crippen LogP contribution >= 0.6 is 0 Å². The number of hydrogen-bond donors (Lipinski definition) is 1. The predicted molar refractivity (Wildman–Crippen MR) is 82.0 cm³/mol. The highest BCUT2D eigenvalue weighted by atomic mass is 15.1. The zero-order chi connectivity index (χ0) is 14.5. The summed E-state index contributed by atoms with van der Waals surface area (Å²) >= 11 is 0. The zero-order valence-electron chi connectivity index (χ0n) is 12.5. The molecule has 0 radical (unpaired) electrons. The third-order valence-corrected chi connectivity index (χ3v) is 4.60. The third-order valence-electron chi connectivity index (χ3n) is 4.60. The van der Waals surface area contributed by atoms with Crippen molar-refractivity contribution in [2.24, 2.45) is 0 Å². The molecule has 112 valence electrons. The number of nitrogens with one attached hydrogen (secondary N) is 1. The van der Waals surface area contributed by atoms with E-state index in [1.807, 2.05) is 0 Å². The maximum atomic E-state index is 8.75. The van der Waals surface area contributed by atoms with Gasteiger partial charge in [-0.05, 0) is 38.5 Å². The number of nitrogens with zero attached hydrogens (tertiary/aromatic N) is 4. The van der Waals surface area contributed by atoms with Crippen molar-refractivity contribution >= 4 is 5.82 Å². The van der Waals surface area contributed by atoms with E-state index in [0.717, 1.165) is 44.6 Å². The molecule has 1 N–H and O–H groups in total. The van der Waals surface area contributed by atoms with Gasteiger partial charge in [-0.15, -0.1) is 0 Å². The van der Waals surface area contributed by atoms with Gasteiger partial charge in [0.1, 0.15) is 12.1 Å². The van der Waals surface area contributed by atoms with Gasteiger partial charge >= 0.3 is 0 Å². The average molecular weight is 285 g/mol. The molecule has 0 aromatic carbocycles. The molecular formula is C16H23N5. The fraction of sp³-hybridized carbons (Fsp3) is 0.688. The van der Waals surface area contributed by atoms with Crippen molar-refractivity contribution < 1.29 is 0 Å². The molecule has 2 aliphatic rings. The van der Waals surface area contributed by atoms with E-state index < -0.39 is 0 Å². The quantitative estimate of drug-likeness (QED) is 0.681. The Morgan fingerprint density at radius 1 is 1.19 bits per heavy atom. The van der Waals surface area contributed by atoms with Crippen LogP contribution in [0.4, 0.5) is 5.82 Å². The molecule has 0 bridgehead atoms. The van der Waals surface area contributed by atoms with Crippen molar-refractivity contribution in [2.75, 3.05) is 25.0 Å². The average Bonchev–Trinajstić information content (AvgIpc) is 2.76. The monoisotopic (exact) mass is 285 g/mol. The Kier molecular flexibility index (Phi) is 4.66. The third kappa shape index (κ3) is 3.51. The first-order valence-corrected chi connectivity index (χ1v) is 8.05. The Balaban J connectivity index is 1.65. The first-order valence-electron chi connectivity index (χ1n) is 8.05. The van der Waals surface area contributed by atoms with Crippen molar-refractivity contribution in [1.82, 2.24) is 14.9 Å². The van der Waals surface area contributed by atoms with Crippen LogP contribution in [0.3, 0.4) is 0 Å². The number of anilines is 1. The van der Waals surface area contributed by atoms with Gasteiger partial charge in [0.2, 0.25) is 0 Å². The number of aryl methyl sites for hydroxylation is 1. The van der Waals surface area contributed by atoms with Gasteiger partial charge in [0.15, 0.2) is 0 Å². The Bertz CT molecular complexity index is 514. The second-order valence-electron chi connectivity index (χ2n) is 6.06. The van der Waals surface area contributed by atoms with E-state index >= 15 is 0 Å². The highest BCUT2D eigenvalue weighted by molar-refractivity contribution is 5.47. The summed E-state index contributed by atoms with van der Waals surface area (Å²) in [5.41, 5.74) is 2.58. The summed E-state index contributed by atoms with van der Waals surface area (Å²) in [7, 11) is 0. The van der Waals surface area contributed by atoms with Crippen LogP contribution in [0.2, 0.25) is 0 Å². The number of hydrogen-bond acceptors (Lipinski definition) is 5. The van der Waals surface area contributed by atoms with E-state index in [4.69, 9.17) is 5.26 Å². The number of nitriles is 1. The highest BCUT2D eigenvalue weighted by Crippen LogP contribution is 2.25. The molecule has 0 saturated carbocycles. The lowest BCUT2D eigenvalue weighted by atomic mass is 10.0. The molecule has 1 aliphatic carbocycles. The molecule has 1 aromatic heterocycles. The number of aromatic nitrogens is 2. The van der Waals surface area contributed by atoms with Crippen molar-refractivity contribution in [3.05, 3.63) is 17.6 Å². The second kappa shape index (κ2) is 6.86. The Morgan fingerprint density at radius 2 is 2.00 bits per heavy atom. The fourth-order valence-electron chi connectivity index (χ4n) is 3.35. The van der Waals surface area contributed by atoms with Crippen LogP contribution in [0.25, 0.3) is 0 Å². The van der Waals surface area contributed by atoms with Crippen LogP contribution in [0.5, 0.6) is 0 Å². The van der Waals surface area contributed by atoms with Gasteiger partial charge in [0.25, 0.3) is 0 Å². The molecule has 1 saturated heterocycles. The van der Waals surface area contributed by atoms with Gasteiger partial charge in [0, 0.05) is 30.4 Å². The summed E-state index contributed by atoms with van der Waals surface area (Å²) in [6, 6.07) is 2.71. The maximum absolute atomic E-state index is 8.75. The first kappa shape index (κ1) is 14.3. The number of rotatable bonds is 3. The zero-order valence-corrected chi connectivity index (χ0v) is 12.5. The summed E-state index contributed by atoms with van der Waals surface area (Å²) in [5.74, 6) is 1.06. The molecule has 3 rings (SSSR count). The number of fused-ring (bicyclic) bond motifs is 1. The van der Waals surface area contributed by atoms with Crippen molar-refractivity contribution in [2.45, 2.75) is 51.0 Å². The lowest BCUT2D eigenvalue weighted by Gasteiger charge is -2.31. The van der Waals surface area contributed by atoms with E-state index in [2.05, 4.69) is 26.3 Å². The highest BCUT2D eigenvalue weighted by Gasteiger charge is 2.21. The van der Waals surface area contributed by atoms with E-state index in [-0.39, 0.29) is 0 Å². The van der Waals surface area contributed by atoms with E-state index in [1.165, 1.54) is 30.5 Å². The van der Waals surface area contributed by atoms with Crippen LogP contribution in [0, 0.1) is 11.3 Å². The van der Waals surface area contributed by atoms with Gasteiger partial charge in [-0.25, -0.2) is 9.97 Å². The van der Waals surface area contributed by atoms with Gasteiger partial charge in [0.05, 0.1) is 12.6 Å². The smallest absolute Gasteiger partial charge is 0.133 e. The van der Waals surface area contributed by atoms with Crippen LogP contribution < -0.4 is 5.32 Å². The molecule has 1 aliphatic heterocycles. The van der Waals surface area contributed by atoms with Crippen LogP contribution in [-0.4, -0.2) is 40.5 Å². The van der Waals surface area contributed by atoms with E-state index in [9.17, 15) is 0 Å². The Morgan fingerprint density at radius 3 is 2.81 bits per heavy atom. The van der Waals surface area contributed by atoms with Gasteiger partial charge in [-0.3, -0.25) is 4.90 Å². The summed E-state index contributed by atoms with van der Waals surface area (Å²) in [6.45, 7) is 2.55. The molecule has 2 heterocycles. The summed E-state index contributed by atoms with van der Waals surface area (Å²) in [6.07, 6.45) is 9.85. The summed E-state index contributed by atoms with van der Waals surface area (Å²) in [4.78, 5) is 11.2. The minimum atomic E-state index is 0.474. The lowest BCUT2D eigenvalue weighted by Crippen LogP contribution is -2.39. The van der Waals surface area contributed by atoms with Crippen LogP contribution in [0.15, 0.2) is 6.33 Å². The Hall–Kier alpha value is -1.67. The molecule has 0 unspecified atom stereocenters. The van der Waals surface area contributed by atoms with Crippen LogP contribution in [0.1, 0.15) is 43.4 Å². The molecule has 1 aromatic rings. The summed E-state index contributed by atoms with van der Waals surface area (Å²) in [5, 5.41) is 12.4. The largest absolute Gasteiger partial charge is 0.367 e.